The molecule has 78 valence electrons. The minimum Gasteiger partial charge on any atom is -0.494 e. The van der Waals surface area contributed by atoms with Crippen LogP contribution in [0, 0.1) is 0 Å². The number of nitrogens with zero attached hydrogens (tertiary/aromatic N) is 1. The van der Waals surface area contributed by atoms with Crippen LogP contribution in [0.4, 0.5) is 0 Å². The van der Waals surface area contributed by atoms with Gasteiger partial charge < -0.3 is 9.30 Å². The summed E-state index contributed by atoms with van der Waals surface area (Å²) in [6, 6.07) is 2.47. The predicted octanol–water partition coefficient (Wildman–Crippen LogP) is 3.36. The first kappa shape index (κ1) is 11.2. The van der Waals surface area contributed by atoms with Crippen LogP contribution in [0.1, 0.15) is 19.9 Å². The molecule has 0 aliphatic heterocycles. The first-order valence-corrected chi connectivity index (χ1v) is 5.67. The molecule has 0 saturated carbocycles. The first-order valence-electron chi connectivity index (χ1n) is 4.69. The maximum atomic E-state index is 5.30. The van der Waals surface area contributed by atoms with Crippen LogP contribution in [-0.4, -0.2) is 17.4 Å². The van der Waals surface area contributed by atoms with Gasteiger partial charge >= 0.3 is 0 Å². The average Bonchev–Trinajstić information content (AvgIpc) is 2.57. The molecular weight excluding hydrogens is 194 g/mol. The minimum absolute atomic E-state index is 0.464. The third-order valence-corrected chi connectivity index (χ3v) is 3.03. The lowest BCUT2D eigenvalue weighted by Gasteiger charge is -2.12. The van der Waals surface area contributed by atoms with Crippen LogP contribution in [0.25, 0.3) is 0 Å². The average molecular weight is 211 g/mol. The van der Waals surface area contributed by atoms with Gasteiger partial charge in [-0.3, -0.25) is 0 Å². The van der Waals surface area contributed by atoms with Gasteiger partial charge in [0.1, 0.15) is 5.03 Å². The second kappa shape index (κ2) is 5.15. The van der Waals surface area contributed by atoms with Crippen molar-refractivity contribution in [3.63, 3.8) is 0 Å². The Bertz CT molecular complexity index is 304. The van der Waals surface area contributed by atoms with Crippen LogP contribution in [0.15, 0.2) is 29.9 Å². The Balaban J connectivity index is 2.93. The third kappa shape index (κ3) is 2.35. The molecule has 0 saturated heterocycles. The molecule has 14 heavy (non-hydrogen) atoms. The van der Waals surface area contributed by atoms with E-state index in [2.05, 4.69) is 31.2 Å². The summed E-state index contributed by atoms with van der Waals surface area (Å²) in [6.45, 7) is 8.05. The predicted molar refractivity (Wildman–Crippen MR) is 62.3 cm³/mol. The van der Waals surface area contributed by atoms with Crippen molar-refractivity contribution in [2.24, 2.45) is 0 Å². The number of thioether (sulfide) groups is 1. The molecule has 1 rings (SSSR count). The first-order chi connectivity index (χ1) is 6.70. The maximum Gasteiger partial charge on any atom is 0.150 e. The van der Waals surface area contributed by atoms with Gasteiger partial charge in [0.2, 0.25) is 0 Å². The van der Waals surface area contributed by atoms with E-state index in [4.69, 9.17) is 4.74 Å². The van der Waals surface area contributed by atoms with E-state index < -0.39 is 0 Å². The standard InChI is InChI=1S/C11H17NOS/c1-5-8-14-11-10(13-4)6-7-12(11)9(2)3/h5-7,9H,1,8H2,2-4H3. The summed E-state index contributed by atoms with van der Waals surface area (Å²) in [5.41, 5.74) is 0. The Hall–Kier alpha value is -0.830. The molecule has 0 atom stereocenters. The second-order valence-corrected chi connectivity index (χ2v) is 4.30. The summed E-state index contributed by atoms with van der Waals surface area (Å²) in [5.74, 6) is 1.86. The van der Waals surface area contributed by atoms with Gasteiger partial charge in [-0.25, -0.2) is 0 Å². The fourth-order valence-corrected chi connectivity index (χ4v) is 2.25. The monoisotopic (exact) mass is 211 g/mol. The highest BCUT2D eigenvalue weighted by Crippen LogP contribution is 2.32. The van der Waals surface area contributed by atoms with E-state index in [-0.39, 0.29) is 0 Å². The number of hydrogen-bond acceptors (Lipinski definition) is 2. The number of hydrogen-bond donors (Lipinski definition) is 0. The smallest absolute Gasteiger partial charge is 0.150 e. The molecule has 1 aromatic heterocycles. The van der Waals surface area contributed by atoms with Crippen molar-refractivity contribution in [1.29, 1.82) is 0 Å². The van der Waals surface area contributed by atoms with Crippen molar-refractivity contribution in [2.75, 3.05) is 12.9 Å². The summed E-state index contributed by atoms with van der Waals surface area (Å²) in [7, 11) is 1.71. The van der Waals surface area contributed by atoms with Gasteiger partial charge in [-0.05, 0) is 19.9 Å². The summed E-state index contributed by atoms with van der Waals surface area (Å²) in [4.78, 5) is 0. The summed E-state index contributed by atoms with van der Waals surface area (Å²) < 4.78 is 7.51. The van der Waals surface area contributed by atoms with Gasteiger partial charge in [0.15, 0.2) is 5.75 Å². The van der Waals surface area contributed by atoms with Crippen molar-refractivity contribution < 1.29 is 4.74 Å². The zero-order valence-electron chi connectivity index (χ0n) is 8.99. The Morgan fingerprint density at radius 2 is 2.36 bits per heavy atom. The summed E-state index contributed by atoms with van der Waals surface area (Å²) in [5, 5.41) is 1.18. The second-order valence-electron chi connectivity index (χ2n) is 3.29. The SMILES string of the molecule is C=CCSc1c(OC)ccn1C(C)C. The number of methoxy groups -OCH3 is 1. The van der Waals surface area contributed by atoms with Gasteiger partial charge in [0, 0.05) is 18.0 Å². The highest BCUT2D eigenvalue weighted by atomic mass is 32.2. The highest BCUT2D eigenvalue weighted by Gasteiger charge is 2.11. The normalized spacial score (nSPS) is 10.6. The Labute approximate surface area is 90.0 Å². The van der Waals surface area contributed by atoms with Crippen molar-refractivity contribution in [2.45, 2.75) is 24.9 Å². The van der Waals surface area contributed by atoms with Crippen molar-refractivity contribution in [1.82, 2.24) is 4.57 Å². The number of ether oxygens (including phenoxy) is 1. The van der Waals surface area contributed by atoms with E-state index in [0.29, 0.717) is 6.04 Å². The lowest BCUT2D eigenvalue weighted by Crippen LogP contribution is -2.01. The number of aromatic nitrogens is 1. The van der Waals surface area contributed by atoms with Crippen LogP contribution in [-0.2, 0) is 0 Å². The zero-order chi connectivity index (χ0) is 10.6. The molecule has 0 aliphatic rings. The molecule has 0 fully saturated rings. The molecular formula is C11H17NOS. The molecule has 0 bridgehead atoms. The summed E-state index contributed by atoms with van der Waals surface area (Å²) in [6.07, 6.45) is 3.97. The molecule has 3 heteroatoms. The lowest BCUT2D eigenvalue weighted by molar-refractivity contribution is 0.396. The molecule has 0 unspecified atom stereocenters. The Morgan fingerprint density at radius 1 is 1.64 bits per heavy atom. The molecule has 1 heterocycles. The Morgan fingerprint density at radius 3 is 2.86 bits per heavy atom. The van der Waals surface area contributed by atoms with E-state index in [1.54, 1.807) is 18.9 Å². The molecule has 0 amide bonds. The number of rotatable bonds is 5. The van der Waals surface area contributed by atoms with Gasteiger partial charge in [-0.1, -0.05) is 6.08 Å². The van der Waals surface area contributed by atoms with E-state index in [9.17, 15) is 0 Å². The zero-order valence-corrected chi connectivity index (χ0v) is 9.80. The van der Waals surface area contributed by atoms with E-state index in [0.717, 1.165) is 11.5 Å². The van der Waals surface area contributed by atoms with Crippen LogP contribution in [0.3, 0.4) is 0 Å². The minimum atomic E-state index is 0.464. The van der Waals surface area contributed by atoms with Crippen LogP contribution in [0.5, 0.6) is 5.75 Å². The molecule has 0 radical (unpaired) electrons. The van der Waals surface area contributed by atoms with E-state index in [1.165, 1.54) is 5.03 Å². The van der Waals surface area contributed by atoms with Crippen LogP contribution < -0.4 is 4.74 Å². The van der Waals surface area contributed by atoms with Gasteiger partial charge in [0.05, 0.1) is 7.11 Å². The maximum absolute atomic E-state index is 5.30. The topological polar surface area (TPSA) is 14.2 Å². The van der Waals surface area contributed by atoms with E-state index >= 15 is 0 Å². The van der Waals surface area contributed by atoms with Crippen LogP contribution >= 0.6 is 11.8 Å². The molecule has 0 spiro atoms. The molecule has 2 nitrogen and oxygen atoms in total. The fourth-order valence-electron chi connectivity index (χ4n) is 1.26. The Kier molecular flexibility index (Phi) is 4.14. The quantitative estimate of drug-likeness (QED) is 0.547. The van der Waals surface area contributed by atoms with Crippen LogP contribution in [0.2, 0.25) is 0 Å². The van der Waals surface area contributed by atoms with Crippen molar-refractivity contribution in [3.8, 4) is 5.75 Å². The van der Waals surface area contributed by atoms with Gasteiger partial charge in [-0.2, -0.15) is 0 Å². The molecule has 1 aromatic rings. The summed E-state index contributed by atoms with van der Waals surface area (Å²) >= 11 is 1.75. The van der Waals surface area contributed by atoms with Gasteiger partial charge in [0.25, 0.3) is 0 Å². The fraction of sp³-hybridized carbons (Fsp3) is 0.455. The van der Waals surface area contributed by atoms with Gasteiger partial charge in [-0.15, -0.1) is 18.3 Å². The molecule has 0 N–H and O–H groups in total. The molecule has 0 aliphatic carbocycles. The van der Waals surface area contributed by atoms with Crippen molar-refractivity contribution >= 4 is 11.8 Å². The molecule has 0 aromatic carbocycles. The van der Waals surface area contributed by atoms with Crippen molar-refractivity contribution in [3.05, 3.63) is 24.9 Å². The highest BCUT2D eigenvalue weighted by molar-refractivity contribution is 7.99. The third-order valence-electron chi connectivity index (χ3n) is 1.95. The van der Waals surface area contributed by atoms with E-state index in [1.807, 2.05) is 12.1 Å². The largest absolute Gasteiger partial charge is 0.494 e. The lowest BCUT2D eigenvalue weighted by atomic mass is 10.4.